The van der Waals surface area contributed by atoms with Gasteiger partial charge in [-0.2, -0.15) is 0 Å². The molecule has 5 heteroatoms. The van der Waals surface area contributed by atoms with Crippen LogP contribution in [0.15, 0.2) is 24.4 Å². The Bertz CT molecular complexity index is 600. The summed E-state index contributed by atoms with van der Waals surface area (Å²) in [6.07, 6.45) is 1.69. The second-order valence-corrected chi connectivity index (χ2v) is 5.24. The molecule has 1 heterocycles. The topological polar surface area (TPSA) is 46.0 Å². The van der Waals surface area contributed by atoms with Crippen LogP contribution in [0.2, 0.25) is 10.0 Å². The van der Waals surface area contributed by atoms with E-state index in [1.807, 2.05) is 19.1 Å². The number of hydrogen-bond donors (Lipinski definition) is 1. The Kier molecular flexibility index (Phi) is 4.40. The maximum atomic E-state index is 9.54. The summed E-state index contributed by atoms with van der Waals surface area (Å²) in [5.41, 5.74) is 2.54. The van der Waals surface area contributed by atoms with Gasteiger partial charge in [-0.25, -0.2) is 9.97 Å². The minimum absolute atomic E-state index is 0.525. The maximum Gasteiger partial charge on any atom is 0.132 e. The molecule has 1 atom stereocenters. The van der Waals surface area contributed by atoms with E-state index in [4.69, 9.17) is 23.2 Å². The Hall–Kier alpha value is -1.16. The van der Waals surface area contributed by atoms with Gasteiger partial charge >= 0.3 is 0 Å². The van der Waals surface area contributed by atoms with Crippen LogP contribution in [0.25, 0.3) is 0 Å². The molecule has 0 fully saturated rings. The van der Waals surface area contributed by atoms with Crippen LogP contribution in [0, 0.1) is 6.92 Å². The Morgan fingerprint density at radius 1 is 1.26 bits per heavy atom. The van der Waals surface area contributed by atoms with Crippen molar-refractivity contribution in [2.45, 2.75) is 26.4 Å². The molecule has 19 heavy (non-hydrogen) atoms. The SMILES string of the molecule is Cc1nc(Cc2ccc(Cl)c(Cl)c2)ncc1C(C)O. The van der Waals surface area contributed by atoms with Crippen molar-refractivity contribution >= 4 is 23.2 Å². The predicted octanol–water partition coefficient (Wildman–Crippen LogP) is 3.74. The van der Waals surface area contributed by atoms with Crippen LogP contribution in [-0.2, 0) is 6.42 Å². The molecule has 0 saturated carbocycles. The summed E-state index contributed by atoms with van der Waals surface area (Å²) in [4.78, 5) is 8.66. The summed E-state index contributed by atoms with van der Waals surface area (Å²) < 4.78 is 0. The van der Waals surface area contributed by atoms with Crippen LogP contribution in [0.1, 0.15) is 35.7 Å². The third-order valence-corrected chi connectivity index (χ3v) is 3.60. The minimum Gasteiger partial charge on any atom is -0.389 e. The normalized spacial score (nSPS) is 12.5. The first kappa shape index (κ1) is 14.3. The van der Waals surface area contributed by atoms with Crippen LogP contribution >= 0.6 is 23.2 Å². The summed E-state index contributed by atoms with van der Waals surface area (Å²) in [5, 5.41) is 10.6. The Morgan fingerprint density at radius 3 is 2.58 bits per heavy atom. The van der Waals surface area contributed by atoms with Gasteiger partial charge in [0.05, 0.1) is 16.1 Å². The molecule has 3 nitrogen and oxygen atoms in total. The highest BCUT2D eigenvalue weighted by molar-refractivity contribution is 6.42. The van der Waals surface area contributed by atoms with E-state index in [2.05, 4.69) is 9.97 Å². The molecule has 0 aliphatic rings. The monoisotopic (exact) mass is 296 g/mol. The molecule has 1 unspecified atom stereocenters. The quantitative estimate of drug-likeness (QED) is 0.938. The van der Waals surface area contributed by atoms with Crippen molar-refractivity contribution in [2.24, 2.45) is 0 Å². The van der Waals surface area contributed by atoms with Crippen LogP contribution in [-0.4, -0.2) is 15.1 Å². The van der Waals surface area contributed by atoms with Crippen molar-refractivity contribution in [3.63, 3.8) is 0 Å². The molecule has 0 aliphatic heterocycles. The number of rotatable bonds is 3. The first-order valence-corrected chi connectivity index (χ1v) is 6.67. The smallest absolute Gasteiger partial charge is 0.132 e. The molecule has 0 bridgehead atoms. The van der Waals surface area contributed by atoms with E-state index in [0.717, 1.165) is 16.8 Å². The van der Waals surface area contributed by atoms with Gasteiger partial charge in [0.15, 0.2) is 0 Å². The van der Waals surface area contributed by atoms with E-state index in [1.54, 1.807) is 19.2 Å². The number of nitrogens with zero attached hydrogens (tertiary/aromatic N) is 2. The molecule has 2 rings (SSSR count). The van der Waals surface area contributed by atoms with E-state index in [9.17, 15) is 5.11 Å². The van der Waals surface area contributed by atoms with Crippen molar-refractivity contribution in [3.05, 3.63) is 57.1 Å². The second-order valence-electron chi connectivity index (χ2n) is 4.43. The van der Waals surface area contributed by atoms with Crippen LogP contribution in [0.3, 0.4) is 0 Å². The number of halogens is 2. The lowest BCUT2D eigenvalue weighted by molar-refractivity contribution is 0.197. The molecule has 1 aromatic heterocycles. The zero-order valence-electron chi connectivity index (χ0n) is 10.7. The summed E-state index contributed by atoms with van der Waals surface area (Å²) in [6, 6.07) is 5.47. The molecule has 0 radical (unpaired) electrons. The Morgan fingerprint density at radius 2 is 2.00 bits per heavy atom. The van der Waals surface area contributed by atoms with E-state index in [-0.39, 0.29) is 0 Å². The van der Waals surface area contributed by atoms with Gasteiger partial charge in [-0.15, -0.1) is 0 Å². The van der Waals surface area contributed by atoms with Gasteiger partial charge in [-0.05, 0) is 31.5 Å². The van der Waals surface area contributed by atoms with Gasteiger partial charge < -0.3 is 5.11 Å². The largest absolute Gasteiger partial charge is 0.389 e. The van der Waals surface area contributed by atoms with Gasteiger partial charge in [-0.3, -0.25) is 0 Å². The number of hydrogen-bond acceptors (Lipinski definition) is 3. The molecular weight excluding hydrogens is 283 g/mol. The number of aliphatic hydroxyl groups is 1. The van der Waals surface area contributed by atoms with Gasteiger partial charge in [0.1, 0.15) is 5.82 Å². The fourth-order valence-corrected chi connectivity index (χ4v) is 2.17. The van der Waals surface area contributed by atoms with Crippen molar-refractivity contribution < 1.29 is 5.11 Å². The summed E-state index contributed by atoms with van der Waals surface area (Å²) in [5.74, 6) is 0.695. The minimum atomic E-state index is -0.556. The van der Waals surface area contributed by atoms with E-state index >= 15 is 0 Å². The van der Waals surface area contributed by atoms with Crippen LogP contribution in [0.4, 0.5) is 0 Å². The average molecular weight is 297 g/mol. The molecule has 0 spiro atoms. The fourth-order valence-electron chi connectivity index (χ4n) is 1.85. The number of aromatic nitrogens is 2. The van der Waals surface area contributed by atoms with Crippen LogP contribution in [0.5, 0.6) is 0 Å². The van der Waals surface area contributed by atoms with E-state index in [0.29, 0.717) is 22.3 Å². The molecule has 1 aromatic carbocycles. The van der Waals surface area contributed by atoms with Gasteiger partial charge in [-0.1, -0.05) is 29.3 Å². The van der Waals surface area contributed by atoms with Crippen molar-refractivity contribution in [2.75, 3.05) is 0 Å². The third kappa shape index (κ3) is 3.44. The van der Waals surface area contributed by atoms with Gasteiger partial charge in [0.2, 0.25) is 0 Å². The molecule has 1 N–H and O–H groups in total. The summed E-state index contributed by atoms with van der Waals surface area (Å²) >= 11 is 11.8. The Balaban J connectivity index is 2.24. The number of aliphatic hydroxyl groups excluding tert-OH is 1. The zero-order valence-corrected chi connectivity index (χ0v) is 12.2. The van der Waals surface area contributed by atoms with Crippen LogP contribution < -0.4 is 0 Å². The molecule has 0 saturated heterocycles. The van der Waals surface area contributed by atoms with Gasteiger partial charge in [0.25, 0.3) is 0 Å². The highest BCUT2D eigenvalue weighted by Crippen LogP contribution is 2.23. The highest BCUT2D eigenvalue weighted by atomic mass is 35.5. The lowest BCUT2D eigenvalue weighted by atomic mass is 10.1. The lowest BCUT2D eigenvalue weighted by Crippen LogP contribution is -2.04. The standard InChI is InChI=1S/C14H14Cl2N2O/c1-8-11(9(2)19)7-17-14(18-8)6-10-3-4-12(15)13(16)5-10/h3-5,7,9,19H,6H2,1-2H3. The molecule has 0 aliphatic carbocycles. The molecule has 0 amide bonds. The van der Waals surface area contributed by atoms with E-state index < -0.39 is 6.10 Å². The predicted molar refractivity (Wildman–Crippen MR) is 76.7 cm³/mol. The summed E-state index contributed by atoms with van der Waals surface area (Å²) in [7, 11) is 0. The molecular formula is C14H14Cl2N2O. The first-order valence-electron chi connectivity index (χ1n) is 5.92. The second kappa shape index (κ2) is 5.87. The molecule has 100 valence electrons. The zero-order chi connectivity index (χ0) is 14.0. The maximum absolute atomic E-state index is 9.54. The van der Waals surface area contributed by atoms with Gasteiger partial charge in [0, 0.05) is 23.9 Å². The van der Waals surface area contributed by atoms with E-state index in [1.165, 1.54) is 0 Å². The first-order chi connectivity index (χ1) is 8.97. The number of aryl methyl sites for hydroxylation is 1. The molecule has 2 aromatic rings. The summed E-state index contributed by atoms with van der Waals surface area (Å²) in [6.45, 7) is 3.56. The highest BCUT2D eigenvalue weighted by Gasteiger charge is 2.09. The van der Waals surface area contributed by atoms with Crippen molar-refractivity contribution in [1.82, 2.24) is 9.97 Å². The number of benzene rings is 1. The Labute approximate surface area is 122 Å². The lowest BCUT2D eigenvalue weighted by Gasteiger charge is -2.09. The van der Waals surface area contributed by atoms with Crippen molar-refractivity contribution in [1.29, 1.82) is 0 Å². The van der Waals surface area contributed by atoms with Crippen molar-refractivity contribution in [3.8, 4) is 0 Å². The third-order valence-electron chi connectivity index (χ3n) is 2.86. The fraction of sp³-hybridized carbons (Fsp3) is 0.286. The average Bonchev–Trinajstić information content (AvgIpc) is 2.33.